The van der Waals surface area contributed by atoms with Gasteiger partial charge in [-0.05, 0) is 43.2 Å². The number of nitrogens with two attached hydrogens (primary N) is 1. The Morgan fingerprint density at radius 1 is 1.14 bits per heavy atom. The summed E-state index contributed by atoms with van der Waals surface area (Å²) in [5, 5.41) is 0. The first-order valence-corrected chi connectivity index (χ1v) is 10.0. The van der Waals surface area contributed by atoms with E-state index >= 15 is 0 Å². The first-order valence-electron chi connectivity index (χ1n) is 8.91. The molecule has 5 nitrogen and oxygen atoms in total. The van der Waals surface area contributed by atoms with Crippen LogP contribution in [-0.4, -0.2) is 32.3 Å². The second-order valence-electron chi connectivity index (χ2n) is 6.81. The van der Waals surface area contributed by atoms with Crippen LogP contribution in [0.2, 0.25) is 0 Å². The van der Waals surface area contributed by atoms with Crippen LogP contribution in [0.3, 0.4) is 0 Å². The Hall–Kier alpha value is -2.39. The highest BCUT2D eigenvalue weighted by Gasteiger charge is 2.31. The molecule has 1 fully saturated rings. The number of rotatable bonds is 3. The first kappa shape index (κ1) is 18.9. The van der Waals surface area contributed by atoms with Gasteiger partial charge in [0.05, 0.1) is 21.7 Å². The topological polar surface area (TPSA) is 64.2 Å². The van der Waals surface area contributed by atoms with E-state index in [2.05, 4.69) is 9.88 Å². The zero-order valence-corrected chi connectivity index (χ0v) is 15.7. The summed E-state index contributed by atoms with van der Waals surface area (Å²) >= 11 is 0. The number of hydrogen-bond donors (Lipinski definition) is 1. The SMILES string of the molecule is NC1CCN(c2cn(S(=O)c3cccc(C(F)(F)F)c3)c3cccnc23)CC1. The van der Waals surface area contributed by atoms with Crippen molar-refractivity contribution < 1.29 is 17.4 Å². The Balaban J connectivity index is 1.76. The van der Waals surface area contributed by atoms with Crippen molar-refractivity contribution in [1.29, 1.82) is 0 Å². The predicted octanol–water partition coefficient (Wildman–Crippen LogP) is 3.55. The van der Waals surface area contributed by atoms with E-state index in [1.807, 2.05) is 0 Å². The van der Waals surface area contributed by atoms with E-state index in [0.717, 1.165) is 43.8 Å². The zero-order chi connectivity index (χ0) is 19.9. The van der Waals surface area contributed by atoms with E-state index in [1.165, 1.54) is 16.1 Å². The van der Waals surface area contributed by atoms with Gasteiger partial charge < -0.3 is 10.6 Å². The Labute approximate surface area is 162 Å². The molecule has 1 aromatic carbocycles. The highest BCUT2D eigenvalue weighted by molar-refractivity contribution is 7.83. The van der Waals surface area contributed by atoms with Crippen LogP contribution in [0, 0.1) is 0 Å². The van der Waals surface area contributed by atoms with Gasteiger partial charge in [0.15, 0.2) is 11.0 Å². The molecule has 0 bridgehead atoms. The summed E-state index contributed by atoms with van der Waals surface area (Å²) in [6.07, 6.45) is 0.564. The van der Waals surface area contributed by atoms with Gasteiger partial charge in [0.2, 0.25) is 0 Å². The Morgan fingerprint density at radius 2 is 1.89 bits per heavy atom. The summed E-state index contributed by atoms with van der Waals surface area (Å²) < 4.78 is 53.7. The molecular formula is C19H19F3N4OS. The lowest BCUT2D eigenvalue weighted by Crippen LogP contribution is -2.39. The van der Waals surface area contributed by atoms with Crippen LogP contribution in [-0.2, 0) is 17.2 Å². The normalized spacial score (nSPS) is 17.2. The summed E-state index contributed by atoms with van der Waals surface area (Å²) in [7, 11) is -1.83. The van der Waals surface area contributed by atoms with Crippen LogP contribution in [0.5, 0.6) is 0 Å². The van der Waals surface area contributed by atoms with Crippen molar-refractivity contribution >= 4 is 27.7 Å². The molecule has 2 aromatic heterocycles. The molecular weight excluding hydrogens is 389 g/mol. The molecule has 3 aromatic rings. The highest BCUT2D eigenvalue weighted by atomic mass is 32.2. The lowest BCUT2D eigenvalue weighted by molar-refractivity contribution is -0.137. The minimum Gasteiger partial charge on any atom is -0.368 e. The molecule has 1 saturated heterocycles. The number of fused-ring (bicyclic) bond motifs is 1. The maximum Gasteiger partial charge on any atom is 0.416 e. The van der Waals surface area contributed by atoms with Crippen LogP contribution in [0.4, 0.5) is 18.9 Å². The van der Waals surface area contributed by atoms with Crippen molar-refractivity contribution in [3.8, 4) is 0 Å². The van der Waals surface area contributed by atoms with Gasteiger partial charge in [0.25, 0.3) is 0 Å². The second kappa shape index (κ2) is 7.21. The number of halogens is 3. The fourth-order valence-corrected chi connectivity index (χ4v) is 4.59. The number of nitrogens with zero attached hydrogens (tertiary/aromatic N) is 3. The van der Waals surface area contributed by atoms with Crippen molar-refractivity contribution in [1.82, 2.24) is 8.96 Å². The van der Waals surface area contributed by atoms with Crippen LogP contribution in [0.1, 0.15) is 18.4 Å². The van der Waals surface area contributed by atoms with Crippen molar-refractivity contribution in [2.24, 2.45) is 5.73 Å². The molecule has 1 unspecified atom stereocenters. The fraction of sp³-hybridized carbons (Fsp3) is 0.316. The average molecular weight is 408 g/mol. The molecule has 0 radical (unpaired) electrons. The van der Waals surface area contributed by atoms with Crippen LogP contribution < -0.4 is 10.6 Å². The summed E-state index contributed by atoms with van der Waals surface area (Å²) in [6, 6.07) is 8.26. The standard InChI is InChI=1S/C19H19F3N4OS/c20-19(21,22)13-3-1-4-15(11-13)28(27)26-12-17(18-16(26)5-2-8-24-18)25-9-6-14(23)7-10-25/h1-5,8,11-12,14H,6-7,9-10,23H2. The van der Waals surface area contributed by atoms with Crippen molar-refractivity contribution in [2.75, 3.05) is 18.0 Å². The van der Waals surface area contributed by atoms with E-state index < -0.39 is 22.7 Å². The Kier molecular flexibility index (Phi) is 4.88. The lowest BCUT2D eigenvalue weighted by atomic mass is 10.1. The number of aromatic nitrogens is 2. The molecule has 0 saturated carbocycles. The van der Waals surface area contributed by atoms with Gasteiger partial charge in [-0.3, -0.25) is 8.96 Å². The van der Waals surface area contributed by atoms with Gasteiger partial charge in [-0.15, -0.1) is 0 Å². The number of benzene rings is 1. The maximum atomic E-state index is 13.1. The maximum absolute atomic E-state index is 13.1. The van der Waals surface area contributed by atoms with Crippen LogP contribution in [0.25, 0.3) is 11.0 Å². The molecule has 0 aliphatic carbocycles. The third-order valence-corrected chi connectivity index (χ3v) is 6.24. The molecule has 9 heteroatoms. The number of piperidine rings is 1. The molecule has 28 heavy (non-hydrogen) atoms. The minimum absolute atomic E-state index is 0.0859. The largest absolute Gasteiger partial charge is 0.416 e. The van der Waals surface area contributed by atoms with E-state index in [9.17, 15) is 17.4 Å². The first-order chi connectivity index (χ1) is 13.3. The lowest BCUT2D eigenvalue weighted by Gasteiger charge is -2.31. The van der Waals surface area contributed by atoms with E-state index in [4.69, 9.17) is 5.73 Å². The van der Waals surface area contributed by atoms with Gasteiger partial charge in [-0.2, -0.15) is 13.2 Å². The molecule has 148 valence electrons. The highest BCUT2D eigenvalue weighted by Crippen LogP contribution is 2.33. The Morgan fingerprint density at radius 3 is 2.61 bits per heavy atom. The molecule has 1 aliphatic rings. The van der Waals surface area contributed by atoms with Crippen LogP contribution in [0.15, 0.2) is 53.7 Å². The summed E-state index contributed by atoms with van der Waals surface area (Å²) in [6.45, 7) is 1.51. The third kappa shape index (κ3) is 3.51. The van der Waals surface area contributed by atoms with Gasteiger partial charge in [0.1, 0.15) is 5.52 Å². The monoisotopic (exact) mass is 408 g/mol. The van der Waals surface area contributed by atoms with Gasteiger partial charge in [-0.25, -0.2) is 4.21 Å². The van der Waals surface area contributed by atoms with Crippen molar-refractivity contribution in [2.45, 2.75) is 30.0 Å². The van der Waals surface area contributed by atoms with Crippen molar-refractivity contribution in [3.05, 3.63) is 54.4 Å². The number of pyridine rings is 1. The average Bonchev–Trinajstić information content (AvgIpc) is 3.07. The zero-order valence-electron chi connectivity index (χ0n) is 14.9. The number of hydrogen-bond acceptors (Lipinski definition) is 4. The summed E-state index contributed by atoms with van der Waals surface area (Å²) in [5.41, 5.74) is 7.27. The molecule has 1 atom stereocenters. The fourth-order valence-electron chi connectivity index (χ4n) is 3.42. The molecule has 3 heterocycles. The van der Waals surface area contributed by atoms with Crippen molar-refractivity contribution in [3.63, 3.8) is 0 Å². The third-order valence-electron chi connectivity index (χ3n) is 4.93. The molecule has 1 aliphatic heterocycles. The summed E-state index contributed by atoms with van der Waals surface area (Å²) in [5.74, 6) is 0. The van der Waals surface area contributed by atoms with E-state index in [0.29, 0.717) is 11.0 Å². The number of anilines is 1. The minimum atomic E-state index is -4.49. The molecule has 0 amide bonds. The Bertz CT molecular complexity index is 1030. The van der Waals surface area contributed by atoms with Gasteiger partial charge in [0, 0.05) is 31.5 Å². The predicted molar refractivity (Wildman–Crippen MR) is 102 cm³/mol. The summed E-state index contributed by atoms with van der Waals surface area (Å²) in [4.78, 5) is 6.64. The smallest absolute Gasteiger partial charge is 0.368 e. The number of alkyl halides is 3. The van der Waals surface area contributed by atoms with Gasteiger partial charge >= 0.3 is 6.18 Å². The quantitative estimate of drug-likeness (QED) is 0.720. The molecule has 4 rings (SSSR count). The second-order valence-corrected chi connectivity index (χ2v) is 8.17. The van der Waals surface area contributed by atoms with Crippen LogP contribution >= 0.6 is 0 Å². The van der Waals surface area contributed by atoms with Gasteiger partial charge in [-0.1, -0.05) is 6.07 Å². The molecule has 2 N–H and O–H groups in total. The molecule has 0 spiro atoms. The van der Waals surface area contributed by atoms with E-state index in [-0.39, 0.29) is 10.9 Å². The van der Waals surface area contributed by atoms with E-state index in [1.54, 1.807) is 24.5 Å².